The zero-order valence-corrected chi connectivity index (χ0v) is 9.39. The highest BCUT2D eigenvalue weighted by Gasteiger charge is 2.40. The number of rotatable bonds is 2. The molecule has 1 saturated heterocycles. The Morgan fingerprint density at radius 1 is 1.47 bits per heavy atom. The minimum atomic E-state index is -0.652. The Hall–Kier alpha value is -1.91. The zero-order valence-electron chi connectivity index (χ0n) is 9.39. The minimum Gasteiger partial charge on any atom is -0.463 e. The summed E-state index contributed by atoms with van der Waals surface area (Å²) in [6.07, 6.45) is 3.92. The molecule has 2 aliphatic rings. The molecule has 0 aromatic rings. The van der Waals surface area contributed by atoms with E-state index in [1.165, 1.54) is 0 Å². The topological polar surface area (TPSA) is 69.7 Å². The maximum absolute atomic E-state index is 11.6. The van der Waals surface area contributed by atoms with Crippen LogP contribution in [-0.2, 0) is 23.9 Å². The molecule has 0 spiro atoms. The van der Waals surface area contributed by atoms with Gasteiger partial charge in [-0.25, -0.2) is 9.59 Å². The van der Waals surface area contributed by atoms with E-state index in [0.29, 0.717) is 17.6 Å². The molecule has 5 nitrogen and oxygen atoms in total. The Kier molecular flexibility index (Phi) is 3.08. The fourth-order valence-corrected chi connectivity index (χ4v) is 1.93. The molecule has 0 radical (unpaired) electrons. The number of allylic oxidation sites excluding steroid dienone is 2. The van der Waals surface area contributed by atoms with Crippen molar-refractivity contribution >= 4 is 17.9 Å². The minimum absolute atomic E-state index is 0.176. The summed E-state index contributed by atoms with van der Waals surface area (Å²) in [5.41, 5.74) is 0.778. The molecule has 1 fully saturated rings. The Morgan fingerprint density at radius 3 is 2.94 bits per heavy atom. The lowest BCUT2D eigenvalue weighted by atomic mass is 9.95. The summed E-state index contributed by atoms with van der Waals surface area (Å²) < 4.78 is 9.41. The summed E-state index contributed by atoms with van der Waals surface area (Å²) in [5.74, 6) is -2.27. The number of hydrogen-bond acceptors (Lipinski definition) is 5. The molecule has 0 aromatic carbocycles. The van der Waals surface area contributed by atoms with Gasteiger partial charge in [0, 0.05) is 11.1 Å². The number of cyclic esters (lactones) is 2. The van der Waals surface area contributed by atoms with E-state index in [9.17, 15) is 14.4 Å². The fourth-order valence-electron chi connectivity index (χ4n) is 1.93. The highest BCUT2D eigenvalue weighted by molar-refractivity contribution is 6.08. The summed E-state index contributed by atoms with van der Waals surface area (Å²) in [7, 11) is 0. The number of hydrogen-bond donors (Lipinski definition) is 0. The molecular weight excluding hydrogens is 224 g/mol. The van der Waals surface area contributed by atoms with Crippen LogP contribution in [0.3, 0.4) is 0 Å². The van der Waals surface area contributed by atoms with E-state index in [-0.39, 0.29) is 13.0 Å². The van der Waals surface area contributed by atoms with E-state index in [0.717, 1.165) is 0 Å². The molecule has 0 N–H and O–H groups in total. The standard InChI is InChI=1S/C12H12O5/c1-2-16-10(13)7-4-3-5-8-9(6-7)12(15)17-11(8)14/h4-5,9H,2-3,6H2,1H3. The van der Waals surface area contributed by atoms with Crippen LogP contribution in [0, 0.1) is 5.92 Å². The molecule has 1 aliphatic heterocycles. The molecule has 2 rings (SSSR count). The van der Waals surface area contributed by atoms with Crippen molar-refractivity contribution in [2.45, 2.75) is 19.8 Å². The summed E-state index contributed by atoms with van der Waals surface area (Å²) in [6.45, 7) is 2.00. The van der Waals surface area contributed by atoms with Crippen molar-refractivity contribution in [3.05, 3.63) is 23.3 Å². The fraction of sp³-hybridized carbons (Fsp3) is 0.417. The molecule has 17 heavy (non-hydrogen) atoms. The number of ether oxygens (including phenoxy) is 2. The second kappa shape index (κ2) is 4.53. The van der Waals surface area contributed by atoms with Gasteiger partial charge in [0.15, 0.2) is 0 Å². The van der Waals surface area contributed by atoms with Crippen LogP contribution in [0.5, 0.6) is 0 Å². The van der Waals surface area contributed by atoms with Gasteiger partial charge in [0.1, 0.15) is 0 Å². The zero-order chi connectivity index (χ0) is 12.4. The monoisotopic (exact) mass is 236 g/mol. The lowest BCUT2D eigenvalue weighted by molar-refractivity contribution is -0.152. The smallest absolute Gasteiger partial charge is 0.342 e. The molecule has 0 aromatic heterocycles. The van der Waals surface area contributed by atoms with E-state index >= 15 is 0 Å². The molecule has 5 heteroatoms. The Labute approximate surface area is 98.1 Å². The molecule has 1 heterocycles. The Balaban J connectivity index is 2.19. The molecule has 0 saturated carbocycles. The lowest BCUT2D eigenvalue weighted by Gasteiger charge is -2.07. The maximum atomic E-state index is 11.6. The van der Waals surface area contributed by atoms with Crippen LogP contribution < -0.4 is 0 Å². The molecule has 1 aliphatic carbocycles. The lowest BCUT2D eigenvalue weighted by Crippen LogP contribution is -2.15. The first-order valence-corrected chi connectivity index (χ1v) is 5.45. The molecule has 1 unspecified atom stereocenters. The highest BCUT2D eigenvalue weighted by Crippen LogP contribution is 2.32. The van der Waals surface area contributed by atoms with Crippen LogP contribution in [0.2, 0.25) is 0 Å². The van der Waals surface area contributed by atoms with Crippen LogP contribution in [-0.4, -0.2) is 24.5 Å². The van der Waals surface area contributed by atoms with Gasteiger partial charge in [0.05, 0.1) is 12.5 Å². The quantitative estimate of drug-likeness (QED) is 0.526. The van der Waals surface area contributed by atoms with Crippen LogP contribution in [0.25, 0.3) is 0 Å². The predicted octanol–water partition coefficient (Wildman–Crippen LogP) is 0.896. The number of carbonyl (C=O) groups excluding carboxylic acids is 3. The van der Waals surface area contributed by atoms with Crippen molar-refractivity contribution in [2.75, 3.05) is 6.61 Å². The molecule has 0 bridgehead atoms. The van der Waals surface area contributed by atoms with E-state index in [1.54, 1.807) is 19.1 Å². The Bertz CT molecular complexity index is 444. The summed E-state index contributed by atoms with van der Waals surface area (Å²) >= 11 is 0. The highest BCUT2D eigenvalue weighted by atomic mass is 16.6. The molecule has 1 atom stereocenters. The first kappa shape index (κ1) is 11.6. The van der Waals surface area contributed by atoms with Crippen LogP contribution in [0.15, 0.2) is 23.3 Å². The summed E-state index contributed by atoms with van der Waals surface area (Å²) in [5, 5.41) is 0. The van der Waals surface area contributed by atoms with Gasteiger partial charge < -0.3 is 9.47 Å². The van der Waals surface area contributed by atoms with Crippen molar-refractivity contribution in [1.82, 2.24) is 0 Å². The Morgan fingerprint density at radius 2 is 2.24 bits per heavy atom. The number of esters is 3. The van der Waals surface area contributed by atoms with E-state index < -0.39 is 23.8 Å². The largest absolute Gasteiger partial charge is 0.463 e. The van der Waals surface area contributed by atoms with Crippen molar-refractivity contribution in [1.29, 1.82) is 0 Å². The van der Waals surface area contributed by atoms with Gasteiger partial charge in [-0.3, -0.25) is 4.79 Å². The van der Waals surface area contributed by atoms with Gasteiger partial charge in [-0.2, -0.15) is 0 Å². The molecule has 90 valence electrons. The third-order valence-electron chi connectivity index (χ3n) is 2.75. The first-order valence-electron chi connectivity index (χ1n) is 5.45. The van der Waals surface area contributed by atoms with Crippen LogP contribution >= 0.6 is 0 Å². The van der Waals surface area contributed by atoms with Gasteiger partial charge in [0.2, 0.25) is 0 Å². The van der Waals surface area contributed by atoms with Gasteiger partial charge in [0.25, 0.3) is 0 Å². The second-order valence-corrected chi connectivity index (χ2v) is 3.81. The van der Waals surface area contributed by atoms with Gasteiger partial charge in [-0.05, 0) is 19.8 Å². The van der Waals surface area contributed by atoms with E-state index in [4.69, 9.17) is 4.74 Å². The van der Waals surface area contributed by atoms with E-state index in [1.807, 2.05) is 0 Å². The van der Waals surface area contributed by atoms with Gasteiger partial charge >= 0.3 is 17.9 Å². The molecular formula is C12H12O5. The average molecular weight is 236 g/mol. The number of fused-ring (bicyclic) bond motifs is 1. The van der Waals surface area contributed by atoms with Crippen molar-refractivity contribution in [2.24, 2.45) is 5.92 Å². The van der Waals surface area contributed by atoms with Crippen molar-refractivity contribution in [3.63, 3.8) is 0 Å². The SMILES string of the molecule is CCOC(=O)C1=CCC=C2C(=O)OC(=O)C2C1. The third kappa shape index (κ3) is 2.13. The normalized spacial score (nSPS) is 23.2. The second-order valence-electron chi connectivity index (χ2n) is 3.81. The number of carbonyl (C=O) groups is 3. The van der Waals surface area contributed by atoms with Gasteiger partial charge in [-0.15, -0.1) is 0 Å². The van der Waals surface area contributed by atoms with Gasteiger partial charge in [-0.1, -0.05) is 12.2 Å². The van der Waals surface area contributed by atoms with Crippen molar-refractivity contribution < 1.29 is 23.9 Å². The van der Waals surface area contributed by atoms with Crippen LogP contribution in [0.1, 0.15) is 19.8 Å². The summed E-state index contributed by atoms with van der Waals surface area (Å²) in [6, 6.07) is 0. The first-order chi connectivity index (χ1) is 8.13. The average Bonchev–Trinajstić information content (AvgIpc) is 2.50. The molecule has 0 amide bonds. The predicted molar refractivity (Wildman–Crippen MR) is 56.6 cm³/mol. The van der Waals surface area contributed by atoms with Crippen LogP contribution in [0.4, 0.5) is 0 Å². The third-order valence-corrected chi connectivity index (χ3v) is 2.75. The summed E-state index contributed by atoms with van der Waals surface area (Å²) in [4.78, 5) is 34.3. The van der Waals surface area contributed by atoms with Crippen molar-refractivity contribution in [3.8, 4) is 0 Å². The maximum Gasteiger partial charge on any atom is 0.342 e. The van der Waals surface area contributed by atoms with E-state index in [2.05, 4.69) is 4.74 Å².